The first-order valence-electron chi connectivity index (χ1n) is 10.7. The maximum Gasteiger partial charge on any atom is 0.194 e. The quantitative estimate of drug-likeness (QED) is 0.319. The molecule has 1 N–H and O–H groups in total. The summed E-state index contributed by atoms with van der Waals surface area (Å²) in [6.07, 6.45) is 0. The van der Waals surface area contributed by atoms with Crippen LogP contribution in [0, 0.1) is 0 Å². The van der Waals surface area contributed by atoms with Gasteiger partial charge in [-0.05, 0) is 25.7 Å². The molecule has 2 aromatic carbocycles. The van der Waals surface area contributed by atoms with Gasteiger partial charge in [0.2, 0.25) is 0 Å². The number of nitrogens with zero attached hydrogens (tertiary/aromatic N) is 4. The number of nitrogens with one attached hydrogen (secondary N) is 1. The molecule has 0 radical (unpaired) electrons. The third-order valence-electron chi connectivity index (χ3n) is 5.34. The maximum atomic E-state index is 5.99. The molecule has 1 heterocycles. The van der Waals surface area contributed by atoms with Crippen LogP contribution in [0.4, 0.5) is 0 Å². The third-order valence-corrected chi connectivity index (χ3v) is 5.34. The highest BCUT2D eigenvalue weighted by Gasteiger charge is 2.19. The molecule has 1 aliphatic rings. The highest BCUT2D eigenvalue weighted by Crippen LogP contribution is 2.18. The number of benzene rings is 2. The molecule has 0 unspecified atom stereocenters. The molecule has 0 bridgehead atoms. The summed E-state index contributed by atoms with van der Waals surface area (Å²) in [5, 5.41) is 3.53. The van der Waals surface area contributed by atoms with Crippen molar-refractivity contribution in [3.05, 3.63) is 65.7 Å². The van der Waals surface area contributed by atoms with E-state index in [1.54, 1.807) is 0 Å². The van der Waals surface area contributed by atoms with Crippen molar-refractivity contribution in [2.45, 2.75) is 13.1 Å². The van der Waals surface area contributed by atoms with Crippen molar-refractivity contribution >= 4 is 29.9 Å². The predicted molar refractivity (Wildman–Crippen MR) is 139 cm³/mol. The number of halogens is 1. The molecule has 6 nitrogen and oxygen atoms in total. The van der Waals surface area contributed by atoms with Gasteiger partial charge in [0, 0.05) is 58.4 Å². The van der Waals surface area contributed by atoms with Crippen LogP contribution in [0.15, 0.2) is 59.6 Å². The van der Waals surface area contributed by atoms with E-state index in [1.165, 1.54) is 5.56 Å². The van der Waals surface area contributed by atoms with Gasteiger partial charge in [-0.1, -0.05) is 48.5 Å². The van der Waals surface area contributed by atoms with Crippen molar-refractivity contribution in [1.29, 1.82) is 0 Å². The summed E-state index contributed by atoms with van der Waals surface area (Å²) in [6.45, 7) is 7.34. The Morgan fingerprint density at radius 1 is 1.00 bits per heavy atom. The zero-order chi connectivity index (χ0) is 21.2. The number of piperazine rings is 1. The lowest BCUT2D eigenvalue weighted by atomic mass is 10.2. The van der Waals surface area contributed by atoms with Crippen LogP contribution in [-0.4, -0.2) is 81.1 Å². The Kier molecular flexibility index (Phi) is 11.1. The van der Waals surface area contributed by atoms with Crippen LogP contribution in [0.25, 0.3) is 0 Å². The first-order chi connectivity index (χ1) is 14.7. The van der Waals surface area contributed by atoms with E-state index in [-0.39, 0.29) is 24.0 Å². The number of likely N-dealkylation sites (N-methyl/N-ethyl adjacent to an activating group) is 1. The third kappa shape index (κ3) is 8.31. The Bertz CT molecular complexity index is 792. The number of para-hydroxylation sites is 1. The number of aliphatic imine (C=N–C) groups is 1. The van der Waals surface area contributed by atoms with Crippen molar-refractivity contribution in [2.75, 3.05) is 60.5 Å². The second kappa shape index (κ2) is 13.5. The van der Waals surface area contributed by atoms with E-state index >= 15 is 0 Å². The first-order valence-corrected chi connectivity index (χ1v) is 10.7. The number of guanidine groups is 1. The van der Waals surface area contributed by atoms with Gasteiger partial charge < -0.3 is 19.9 Å². The summed E-state index contributed by atoms with van der Waals surface area (Å²) in [6, 6.07) is 18.9. The summed E-state index contributed by atoms with van der Waals surface area (Å²) in [5.41, 5.74) is 2.53. The normalized spacial score (nSPS) is 15.0. The fraction of sp³-hybridized carbons (Fsp3) is 0.458. The van der Waals surface area contributed by atoms with Gasteiger partial charge >= 0.3 is 0 Å². The van der Waals surface area contributed by atoms with Gasteiger partial charge in [-0.2, -0.15) is 0 Å². The van der Waals surface area contributed by atoms with E-state index in [0.29, 0.717) is 13.2 Å². The Balaban J connectivity index is 0.00000341. The van der Waals surface area contributed by atoms with Gasteiger partial charge in [0.1, 0.15) is 12.4 Å². The maximum absolute atomic E-state index is 5.99. The van der Waals surface area contributed by atoms with Crippen LogP contribution in [0.1, 0.15) is 11.1 Å². The lowest BCUT2D eigenvalue weighted by Crippen LogP contribution is -2.52. The average Bonchev–Trinajstić information content (AvgIpc) is 2.76. The van der Waals surface area contributed by atoms with Gasteiger partial charge in [-0.3, -0.25) is 9.89 Å². The molecule has 31 heavy (non-hydrogen) atoms. The molecule has 0 aliphatic carbocycles. The highest BCUT2D eigenvalue weighted by atomic mass is 127. The molecule has 0 spiro atoms. The van der Waals surface area contributed by atoms with E-state index in [0.717, 1.165) is 56.5 Å². The van der Waals surface area contributed by atoms with E-state index in [9.17, 15) is 0 Å². The van der Waals surface area contributed by atoms with Crippen LogP contribution in [0.5, 0.6) is 5.75 Å². The van der Waals surface area contributed by atoms with Gasteiger partial charge in [0.25, 0.3) is 0 Å². The van der Waals surface area contributed by atoms with Crippen molar-refractivity contribution in [1.82, 2.24) is 20.0 Å². The predicted octanol–water partition coefficient (Wildman–Crippen LogP) is 3.14. The van der Waals surface area contributed by atoms with Crippen molar-refractivity contribution in [3.63, 3.8) is 0 Å². The van der Waals surface area contributed by atoms with E-state index < -0.39 is 0 Å². The minimum atomic E-state index is 0. The molecule has 1 aliphatic heterocycles. The average molecular weight is 537 g/mol. The molecule has 0 atom stereocenters. The smallest absolute Gasteiger partial charge is 0.194 e. The Labute approximate surface area is 204 Å². The van der Waals surface area contributed by atoms with E-state index in [1.807, 2.05) is 19.2 Å². The fourth-order valence-corrected chi connectivity index (χ4v) is 3.59. The second-order valence-corrected chi connectivity index (χ2v) is 7.91. The number of rotatable bonds is 8. The van der Waals surface area contributed by atoms with E-state index in [4.69, 9.17) is 4.74 Å². The largest absolute Gasteiger partial charge is 0.492 e. The SMILES string of the molecule is CN=C(NCc1ccccc1OCCN(C)C)N1CCN(Cc2ccccc2)CC1.I. The second-order valence-electron chi connectivity index (χ2n) is 7.91. The monoisotopic (exact) mass is 537 g/mol. The summed E-state index contributed by atoms with van der Waals surface area (Å²) in [4.78, 5) is 11.5. The molecule has 1 saturated heterocycles. The summed E-state index contributed by atoms with van der Waals surface area (Å²) in [7, 11) is 5.97. The lowest BCUT2D eigenvalue weighted by Gasteiger charge is -2.36. The van der Waals surface area contributed by atoms with Gasteiger partial charge in [-0.25, -0.2) is 0 Å². The summed E-state index contributed by atoms with van der Waals surface area (Å²) < 4.78 is 5.99. The Hall–Kier alpha value is -1.84. The topological polar surface area (TPSA) is 43.3 Å². The standard InChI is InChI=1S/C24H35N5O.HI/c1-25-24(26-19-22-11-7-8-12-23(22)30-18-17-27(2)3)29-15-13-28(14-16-29)20-21-9-5-4-6-10-21;/h4-12H,13-20H2,1-3H3,(H,25,26);1H. The zero-order valence-electron chi connectivity index (χ0n) is 19.0. The molecular weight excluding hydrogens is 501 g/mol. The molecule has 0 saturated carbocycles. The molecule has 7 heteroatoms. The molecule has 2 aromatic rings. The molecule has 3 rings (SSSR count). The minimum absolute atomic E-state index is 0. The fourth-order valence-electron chi connectivity index (χ4n) is 3.59. The lowest BCUT2D eigenvalue weighted by molar-refractivity contribution is 0.172. The Morgan fingerprint density at radius 3 is 2.35 bits per heavy atom. The van der Waals surface area contributed by atoms with Crippen LogP contribution in [-0.2, 0) is 13.1 Å². The van der Waals surface area contributed by atoms with Crippen molar-refractivity contribution in [3.8, 4) is 5.75 Å². The van der Waals surface area contributed by atoms with E-state index in [2.05, 4.69) is 81.6 Å². The van der Waals surface area contributed by atoms with Crippen LogP contribution < -0.4 is 10.1 Å². The van der Waals surface area contributed by atoms with Crippen LogP contribution >= 0.6 is 24.0 Å². The zero-order valence-corrected chi connectivity index (χ0v) is 21.3. The van der Waals surface area contributed by atoms with Crippen LogP contribution in [0.2, 0.25) is 0 Å². The van der Waals surface area contributed by atoms with Gasteiger partial charge in [0.15, 0.2) is 5.96 Å². The molecule has 0 amide bonds. The van der Waals surface area contributed by atoms with Crippen molar-refractivity contribution in [2.24, 2.45) is 4.99 Å². The molecule has 0 aromatic heterocycles. The van der Waals surface area contributed by atoms with Crippen LogP contribution in [0.3, 0.4) is 0 Å². The summed E-state index contributed by atoms with van der Waals surface area (Å²) in [5.74, 6) is 1.90. The highest BCUT2D eigenvalue weighted by molar-refractivity contribution is 14.0. The first kappa shape index (κ1) is 25.4. The van der Waals surface area contributed by atoms with Gasteiger partial charge in [-0.15, -0.1) is 24.0 Å². The molecule has 170 valence electrons. The summed E-state index contributed by atoms with van der Waals surface area (Å²) >= 11 is 0. The van der Waals surface area contributed by atoms with Gasteiger partial charge in [0.05, 0.1) is 0 Å². The molecule has 1 fully saturated rings. The minimum Gasteiger partial charge on any atom is -0.492 e. The van der Waals surface area contributed by atoms with Crippen molar-refractivity contribution < 1.29 is 4.74 Å². The molecular formula is C24H36IN5O. The number of hydrogen-bond acceptors (Lipinski definition) is 4. The number of ether oxygens (including phenoxy) is 1. The Morgan fingerprint density at radius 2 is 1.68 bits per heavy atom. The number of hydrogen-bond donors (Lipinski definition) is 1.